The average molecular weight is 427 g/mol. The molecule has 1 atom stereocenters. The van der Waals surface area contributed by atoms with E-state index < -0.39 is 0 Å². The number of pyridine rings is 1. The molecule has 7 nitrogen and oxygen atoms in total. The second kappa shape index (κ2) is 10.4. The summed E-state index contributed by atoms with van der Waals surface area (Å²) in [6.45, 7) is 3.24. The summed E-state index contributed by atoms with van der Waals surface area (Å²) in [7, 11) is 0. The third kappa shape index (κ3) is 5.19. The number of rotatable bonds is 4. The summed E-state index contributed by atoms with van der Waals surface area (Å²) in [5, 5.41) is 6.33. The van der Waals surface area contributed by atoms with Gasteiger partial charge in [0.25, 0.3) is 0 Å². The van der Waals surface area contributed by atoms with Gasteiger partial charge in [0.2, 0.25) is 0 Å². The van der Waals surface area contributed by atoms with E-state index in [9.17, 15) is 4.79 Å². The van der Waals surface area contributed by atoms with Gasteiger partial charge in [0, 0.05) is 37.9 Å². The molecule has 152 valence electrons. The number of urea groups is 1. The van der Waals surface area contributed by atoms with Crippen molar-refractivity contribution in [2.24, 2.45) is 0 Å². The van der Waals surface area contributed by atoms with Gasteiger partial charge in [0.05, 0.1) is 18.8 Å². The first-order valence-electron chi connectivity index (χ1n) is 8.86. The molecule has 2 aromatic rings. The SMILES string of the molecule is Cl.Cl.O=C(Nc1ccc2c(c1)CCO2)N1CCNCC1COc1cccnc1. The summed E-state index contributed by atoms with van der Waals surface area (Å²) in [5.41, 5.74) is 1.93. The molecule has 2 N–H and O–H groups in total. The van der Waals surface area contributed by atoms with Gasteiger partial charge >= 0.3 is 6.03 Å². The van der Waals surface area contributed by atoms with Gasteiger partial charge < -0.3 is 25.0 Å². The van der Waals surface area contributed by atoms with E-state index in [-0.39, 0.29) is 36.9 Å². The van der Waals surface area contributed by atoms with Crippen molar-refractivity contribution in [2.75, 3.05) is 38.2 Å². The van der Waals surface area contributed by atoms with Gasteiger partial charge in [-0.3, -0.25) is 4.98 Å². The first kappa shape index (κ1) is 22.1. The van der Waals surface area contributed by atoms with Crippen LogP contribution in [0.1, 0.15) is 5.56 Å². The molecule has 3 heterocycles. The zero-order valence-corrected chi connectivity index (χ0v) is 16.9. The van der Waals surface area contributed by atoms with Crippen LogP contribution in [0, 0.1) is 0 Å². The minimum atomic E-state index is -0.106. The Morgan fingerprint density at radius 2 is 2.25 bits per heavy atom. The number of anilines is 1. The molecule has 4 rings (SSSR count). The molecule has 1 aromatic heterocycles. The normalized spacial score (nSPS) is 17.4. The first-order chi connectivity index (χ1) is 12.8. The number of piperazine rings is 1. The molecule has 1 saturated heterocycles. The number of nitrogens with one attached hydrogen (secondary N) is 2. The Labute approximate surface area is 176 Å². The van der Waals surface area contributed by atoms with Crippen molar-refractivity contribution in [1.82, 2.24) is 15.2 Å². The maximum atomic E-state index is 12.8. The molecule has 0 bridgehead atoms. The Hall–Kier alpha value is -2.22. The van der Waals surface area contributed by atoms with Gasteiger partial charge in [-0.25, -0.2) is 4.79 Å². The van der Waals surface area contributed by atoms with Crippen LogP contribution in [0.25, 0.3) is 0 Å². The van der Waals surface area contributed by atoms with Crippen molar-refractivity contribution >= 4 is 36.5 Å². The molecule has 0 radical (unpaired) electrons. The zero-order valence-electron chi connectivity index (χ0n) is 15.3. The number of fused-ring (bicyclic) bond motifs is 1. The predicted octanol–water partition coefficient (Wildman–Crippen LogP) is 2.74. The fourth-order valence-corrected chi connectivity index (χ4v) is 3.26. The average Bonchev–Trinajstić information content (AvgIpc) is 3.15. The standard InChI is InChI=1S/C19H22N4O3.2ClH/c24-19(22-15-3-4-18-14(10-15)5-9-25-18)23-8-7-21-11-16(23)13-26-17-2-1-6-20-12-17;;/h1-4,6,10,12,16,21H,5,7-9,11,13H2,(H,22,24);2*1H. The Bertz CT molecular complexity index is 779. The molecule has 1 aromatic carbocycles. The topological polar surface area (TPSA) is 75.7 Å². The van der Waals surface area contributed by atoms with Gasteiger partial charge in [-0.2, -0.15) is 0 Å². The van der Waals surface area contributed by atoms with Crippen LogP contribution in [0.2, 0.25) is 0 Å². The fraction of sp³-hybridized carbons (Fsp3) is 0.368. The number of aromatic nitrogens is 1. The second-order valence-corrected chi connectivity index (χ2v) is 6.40. The van der Waals surface area contributed by atoms with E-state index in [1.807, 2.05) is 35.2 Å². The fourth-order valence-electron chi connectivity index (χ4n) is 3.26. The van der Waals surface area contributed by atoms with Crippen LogP contribution in [0.15, 0.2) is 42.7 Å². The van der Waals surface area contributed by atoms with E-state index in [2.05, 4.69) is 15.6 Å². The number of ether oxygens (including phenoxy) is 2. The molecular weight excluding hydrogens is 403 g/mol. The Balaban J connectivity index is 0.00000140. The van der Waals surface area contributed by atoms with Crippen molar-refractivity contribution in [2.45, 2.75) is 12.5 Å². The highest BCUT2D eigenvalue weighted by Gasteiger charge is 2.27. The Morgan fingerprint density at radius 1 is 1.36 bits per heavy atom. The minimum absolute atomic E-state index is 0. The lowest BCUT2D eigenvalue weighted by molar-refractivity contribution is 0.133. The van der Waals surface area contributed by atoms with Crippen LogP contribution < -0.4 is 20.1 Å². The quantitative estimate of drug-likeness (QED) is 0.785. The van der Waals surface area contributed by atoms with Crippen molar-refractivity contribution in [3.8, 4) is 11.5 Å². The summed E-state index contributed by atoms with van der Waals surface area (Å²) in [6.07, 6.45) is 4.26. The third-order valence-electron chi connectivity index (χ3n) is 4.63. The molecule has 2 amide bonds. The van der Waals surface area contributed by atoms with Crippen LogP contribution in [0.4, 0.5) is 10.5 Å². The van der Waals surface area contributed by atoms with Crippen molar-refractivity contribution in [1.29, 1.82) is 0 Å². The monoisotopic (exact) mass is 426 g/mol. The van der Waals surface area contributed by atoms with E-state index in [4.69, 9.17) is 9.47 Å². The number of nitrogens with zero attached hydrogens (tertiary/aromatic N) is 2. The number of halogens is 2. The molecule has 9 heteroatoms. The van der Waals surface area contributed by atoms with Crippen LogP contribution >= 0.6 is 24.8 Å². The maximum Gasteiger partial charge on any atom is 0.322 e. The van der Waals surface area contributed by atoms with Crippen molar-refractivity contribution in [3.63, 3.8) is 0 Å². The van der Waals surface area contributed by atoms with E-state index in [0.29, 0.717) is 32.1 Å². The number of hydrogen-bond acceptors (Lipinski definition) is 5. The number of hydrogen-bond donors (Lipinski definition) is 2. The number of benzene rings is 1. The van der Waals surface area contributed by atoms with Crippen molar-refractivity contribution in [3.05, 3.63) is 48.3 Å². The minimum Gasteiger partial charge on any atom is -0.493 e. The van der Waals surface area contributed by atoms with Gasteiger partial charge in [0.15, 0.2) is 0 Å². The lowest BCUT2D eigenvalue weighted by Gasteiger charge is -2.35. The largest absolute Gasteiger partial charge is 0.493 e. The molecular formula is C19H24Cl2N4O3. The van der Waals surface area contributed by atoms with Crippen molar-refractivity contribution < 1.29 is 14.3 Å². The van der Waals surface area contributed by atoms with Gasteiger partial charge in [-0.05, 0) is 35.9 Å². The van der Waals surface area contributed by atoms with Gasteiger partial charge in [0.1, 0.15) is 18.1 Å². The van der Waals surface area contributed by atoms with E-state index in [0.717, 1.165) is 30.0 Å². The molecule has 28 heavy (non-hydrogen) atoms. The van der Waals surface area contributed by atoms with Crippen LogP contribution in [-0.2, 0) is 6.42 Å². The molecule has 1 fully saturated rings. The van der Waals surface area contributed by atoms with E-state index in [1.54, 1.807) is 12.4 Å². The summed E-state index contributed by atoms with van der Waals surface area (Å²) < 4.78 is 11.3. The molecule has 0 spiro atoms. The van der Waals surface area contributed by atoms with E-state index >= 15 is 0 Å². The van der Waals surface area contributed by atoms with Crippen LogP contribution in [0.5, 0.6) is 11.5 Å². The smallest absolute Gasteiger partial charge is 0.322 e. The summed E-state index contributed by atoms with van der Waals surface area (Å²) >= 11 is 0. The molecule has 0 saturated carbocycles. The maximum absolute atomic E-state index is 12.8. The number of carbonyl (C=O) groups is 1. The molecule has 1 unspecified atom stereocenters. The van der Waals surface area contributed by atoms with Gasteiger partial charge in [-0.15, -0.1) is 24.8 Å². The second-order valence-electron chi connectivity index (χ2n) is 6.40. The zero-order chi connectivity index (χ0) is 17.8. The third-order valence-corrected chi connectivity index (χ3v) is 4.63. The first-order valence-corrected chi connectivity index (χ1v) is 8.86. The van der Waals surface area contributed by atoms with Crippen LogP contribution in [-0.4, -0.2) is 54.8 Å². The lowest BCUT2D eigenvalue weighted by Crippen LogP contribution is -2.57. The summed E-state index contributed by atoms with van der Waals surface area (Å²) in [5.74, 6) is 1.62. The Morgan fingerprint density at radius 3 is 3.07 bits per heavy atom. The summed E-state index contributed by atoms with van der Waals surface area (Å²) in [4.78, 5) is 18.7. The molecule has 0 aliphatic carbocycles. The highest BCUT2D eigenvalue weighted by molar-refractivity contribution is 5.90. The highest BCUT2D eigenvalue weighted by atomic mass is 35.5. The number of carbonyl (C=O) groups excluding carboxylic acids is 1. The number of amides is 2. The van der Waals surface area contributed by atoms with E-state index in [1.165, 1.54) is 0 Å². The summed E-state index contributed by atoms with van der Waals surface area (Å²) in [6, 6.07) is 9.33. The Kier molecular flexibility index (Phi) is 8.17. The van der Waals surface area contributed by atoms with Crippen LogP contribution in [0.3, 0.4) is 0 Å². The predicted molar refractivity (Wildman–Crippen MR) is 112 cm³/mol. The molecule has 2 aliphatic heterocycles. The lowest BCUT2D eigenvalue weighted by atomic mass is 10.1. The molecule has 2 aliphatic rings. The highest BCUT2D eigenvalue weighted by Crippen LogP contribution is 2.28. The van der Waals surface area contributed by atoms with Gasteiger partial charge in [-0.1, -0.05) is 0 Å².